The number of alkyl halides is 3. The number of carbonyl (C=O) groups excluding carboxylic acids is 1. The van der Waals surface area contributed by atoms with E-state index in [0.717, 1.165) is 22.3 Å². The van der Waals surface area contributed by atoms with Crippen molar-refractivity contribution in [3.8, 4) is 6.07 Å². The zero-order chi connectivity index (χ0) is 22.1. The third-order valence-electron chi connectivity index (χ3n) is 4.32. The Hall–Kier alpha value is -2.96. The first-order valence-electron chi connectivity index (χ1n) is 8.85. The van der Waals surface area contributed by atoms with Crippen molar-refractivity contribution in [2.45, 2.75) is 26.1 Å². The second-order valence-corrected chi connectivity index (χ2v) is 8.47. The van der Waals surface area contributed by atoms with Crippen LogP contribution >= 0.6 is 23.6 Å². The van der Waals surface area contributed by atoms with Crippen LogP contribution in [0.5, 0.6) is 0 Å². The number of thiazole rings is 1. The highest BCUT2D eigenvalue weighted by Gasteiger charge is 2.30. The van der Waals surface area contributed by atoms with Crippen molar-refractivity contribution < 1.29 is 18.0 Å². The number of nitrogens with one attached hydrogen (secondary N) is 1. The SMILES string of the molecule is CC(C)N(C(=O)C(C#N)=Cc1ccc(C(F)(F)F)cc1)c1ccc2[nH]c(=S)sc2c1. The summed E-state index contributed by atoms with van der Waals surface area (Å²) in [6, 6.07) is 11.3. The number of amides is 1. The minimum Gasteiger partial charge on any atom is -0.337 e. The lowest BCUT2D eigenvalue weighted by molar-refractivity contribution is -0.137. The summed E-state index contributed by atoms with van der Waals surface area (Å²) in [6.45, 7) is 3.63. The minimum atomic E-state index is -4.45. The summed E-state index contributed by atoms with van der Waals surface area (Å²) in [7, 11) is 0. The number of aromatic amines is 1. The Morgan fingerprint density at radius 1 is 1.23 bits per heavy atom. The summed E-state index contributed by atoms with van der Waals surface area (Å²) in [5.41, 5.74) is 0.809. The van der Waals surface area contributed by atoms with Crippen LogP contribution < -0.4 is 4.90 Å². The van der Waals surface area contributed by atoms with Crippen molar-refractivity contribution in [3.63, 3.8) is 0 Å². The van der Waals surface area contributed by atoms with E-state index in [1.54, 1.807) is 6.07 Å². The van der Waals surface area contributed by atoms with Crippen molar-refractivity contribution in [1.82, 2.24) is 4.98 Å². The van der Waals surface area contributed by atoms with Crippen molar-refractivity contribution >= 4 is 51.4 Å². The van der Waals surface area contributed by atoms with E-state index in [-0.39, 0.29) is 11.6 Å². The average Bonchev–Trinajstić information content (AvgIpc) is 3.04. The van der Waals surface area contributed by atoms with Gasteiger partial charge in [-0.1, -0.05) is 12.1 Å². The molecule has 3 aromatic rings. The van der Waals surface area contributed by atoms with Gasteiger partial charge in [0.1, 0.15) is 11.6 Å². The molecule has 30 heavy (non-hydrogen) atoms. The lowest BCUT2D eigenvalue weighted by Gasteiger charge is -2.26. The normalized spacial score (nSPS) is 12.2. The van der Waals surface area contributed by atoms with Gasteiger partial charge in [-0.25, -0.2) is 0 Å². The van der Waals surface area contributed by atoms with Gasteiger partial charge in [0.2, 0.25) is 0 Å². The molecule has 1 amide bonds. The fourth-order valence-electron chi connectivity index (χ4n) is 2.94. The molecule has 4 nitrogen and oxygen atoms in total. The number of carbonyl (C=O) groups is 1. The van der Waals surface area contributed by atoms with E-state index in [9.17, 15) is 23.2 Å². The molecular weight excluding hydrogens is 431 g/mol. The molecule has 0 spiro atoms. The number of aromatic nitrogens is 1. The Bertz CT molecular complexity index is 1220. The number of nitrogens with zero attached hydrogens (tertiary/aromatic N) is 2. The molecule has 9 heteroatoms. The minimum absolute atomic E-state index is 0.176. The van der Waals surface area contributed by atoms with Gasteiger partial charge in [0.05, 0.1) is 15.8 Å². The number of fused-ring (bicyclic) bond motifs is 1. The summed E-state index contributed by atoms with van der Waals surface area (Å²) in [5, 5.41) is 9.53. The number of nitriles is 1. The number of hydrogen-bond acceptors (Lipinski definition) is 4. The summed E-state index contributed by atoms with van der Waals surface area (Å²) in [4.78, 5) is 17.6. The quantitative estimate of drug-likeness (QED) is 0.289. The number of benzene rings is 2. The second kappa shape index (κ2) is 8.42. The Kier molecular flexibility index (Phi) is 6.10. The number of rotatable bonds is 4. The second-order valence-electron chi connectivity index (χ2n) is 6.75. The zero-order valence-corrected chi connectivity index (χ0v) is 17.6. The van der Waals surface area contributed by atoms with Crippen molar-refractivity contribution in [2.24, 2.45) is 0 Å². The Balaban J connectivity index is 1.97. The van der Waals surface area contributed by atoms with E-state index in [4.69, 9.17) is 12.2 Å². The molecule has 2 aromatic carbocycles. The van der Waals surface area contributed by atoms with Crippen LogP contribution in [0.4, 0.5) is 18.9 Å². The maximum atomic E-state index is 13.1. The maximum Gasteiger partial charge on any atom is 0.416 e. The van der Waals surface area contributed by atoms with Gasteiger partial charge in [0.15, 0.2) is 3.95 Å². The largest absolute Gasteiger partial charge is 0.416 e. The molecule has 0 fully saturated rings. The molecule has 0 saturated heterocycles. The van der Waals surface area contributed by atoms with E-state index in [0.29, 0.717) is 15.2 Å². The molecule has 0 aliphatic carbocycles. The Morgan fingerprint density at radius 3 is 2.47 bits per heavy atom. The van der Waals surface area contributed by atoms with Crippen LogP contribution in [0, 0.1) is 15.3 Å². The molecule has 3 rings (SSSR count). The number of hydrogen-bond donors (Lipinski definition) is 1. The van der Waals surface area contributed by atoms with Crippen LogP contribution in [0.1, 0.15) is 25.0 Å². The van der Waals surface area contributed by atoms with Crippen LogP contribution in [-0.4, -0.2) is 16.9 Å². The fourth-order valence-corrected chi connectivity index (χ4v) is 4.09. The summed E-state index contributed by atoms with van der Waals surface area (Å²) < 4.78 is 39.7. The van der Waals surface area contributed by atoms with Crippen LogP contribution in [0.2, 0.25) is 0 Å². The van der Waals surface area contributed by atoms with Crippen LogP contribution in [0.3, 0.4) is 0 Å². The maximum absolute atomic E-state index is 13.1. The van der Waals surface area contributed by atoms with Gasteiger partial charge in [-0.3, -0.25) is 4.79 Å². The van der Waals surface area contributed by atoms with Crippen molar-refractivity contribution in [1.29, 1.82) is 5.26 Å². The standard InChI is InChI=1S/C21H16F3N3OS2/c1-12(2)27(16-7-8-17-18(10-16)30-20(29)26-17)19(28)14(11-25)9-13-3-5-15(6-4-13)21(22,23)24/h3-10,12H,1-2H3,(H,26,29). The number of H-pyrrole nitrogens is 1. The first-order chi connectivity index (χ1) is 14.1. The lowest BCUT2D eigenvalue weighted by atomic mass is 10.1. The van der Waals surface area contributed by atoms with E-state index >= 15 is 0 Å². The molecule has 0 atom stereocenters. The van der Waals surface area contributed by atoms with E-state index in [2.05, 4.69) is 4.98 Å². The molecule has 0 radical (unpaired) electrons. The molecule has 154 valence electrons. The van der Waals surface area contributed by atoms with Crippen LogP contribution in [-0.2, 0) is 11.0 Å². The van der Waals surface area contributed by atoms with Crippen LogP contribution in [0.25, 0.3) is 16.3 Å². The number of anilines is 1. The molecule has 1 heterocycles. The first-order valence-corrected chi connectivity index (χ1v) is 10.1. The number of halogens is 3. The van der Waals surface area contributed by atoms with Crippen LogP contribution in [0.15, 0.2) is 48.0 Å². The Morgan fingerprint density at radius 2 is 1.90 bits per heavy atom. The molecule has 0 unspecified atom stereocenters. The molecule has 1 aromatic heterocycles. The molecule has 0 aliphatic rings. The fraction of sp³-hybridized carbons (Fsp3) is 0.190. The average molecular weight is 448 g/mol. The lowest BCUT2D eigenvalue weighted by Crippen LogP contribution is -2.37. The van der Waals surface area contributed by atoms with Gasteiger partial charge >= 0.3 is 6.18 Å². The van der Waals surface area contributed by atoms with Gasteiger partial charge in [-0.05, 0) is 68.0 Å². The van der Waals surface area contributed by atoms with Gasteiger partial charge in [-0.2, -0.15) is 18.4 Å². The monoisotopic (exact) mass is 447 g/mol. The van der Waals surface area contributed by atoms with E-state index in [1.165, 1.54) is 34.4 Å². The van der Waals surface area contributed by atoms with Crippen molar-refractivity contribution in [2.75, 3.05) is 4.90 Å². The predicted octanol–water partition coefficient (Wildman–Crippen LogP) is 6.33. The third kappa shape index (κ3) is 4.61. The summed E-state index contributed by atoms with van der Waals surface area (Å²) in [6.07, 6.45) is -3.16. The van der Waals surface area contributed by atoms with Gasteiger partial charge in [0.25, 0.3) is 5.91 Å². The smallest absolute Gasteiger partial charge is 0.337 e. The van der Waals surface area contributed by atoms with Gasteiger partial charge in [0, 0.05) is 11.7 Å². The summed E-state index contributed by atoms with van der Waals surface area (Å²) in [5.74, 6) is -0.536. The highest BCUT2D eigenvalue weighted by Crippen LogP contribution is 2.30. The molecular formula is C21H16F3N3OS2. The molecule has 0 aliphatic heterocycles. The van der Waals surface area contributed by atoms with E-state index in [1.807, 2.05) is 32.0 Å². The summed E-state index contributed by atoms with van der Waals surface area (Å²) >= 11 is 6.53. The highest BCUT2D eigenvalue weighted by molar-refractivity contribution is 7.73. The third-order valence-corrected chi connectivity index (χ3v) is 5.52. The van der Waals surface area contributed by atoms with E-state index < -0.39 is 17.6 Å². The molecule has 0 saturated carbocycles. The predicted molar refractivity (Wildman–Crippen MR) is 115 cm³/mol. The zero-order valence-electron chi connectivity index (χ0n) is 15.9. The highest BCUT2D eigenvalue weighted by atomic mass is 32.1. The van der Waals surface area contributed by atoms with Crippen molar-refractivity contribution in [3.05, 3.63) is 63.1 Å². The molecule has 1 N–H and O–H groups in total. The molecule has 0 bridgehead atoms. The van der Waals surface area contributed by atoms with Gasteiger partial charge in [-0.15, -0.1) is 11.3 Å². The Labute approximate surface area is 179 Å². The first kappa shape index (κ1) is 21.7. The van der Waals surface area contributed by atoms with Gasteiger partial charge < -0.3 is 9.88 Å². The topological polar surface area (TPSA) is 59.9 Å².